The lowest BCUT2D eigenvalue weighted by molar-refractivity contribution is 0.282. The Balaban J connectivity index is 1.33. The highest BCUT2D eigenvalue weighted by molar-refractivity contribution is 8.00. The number of hydrogen-bond acceptors (Lipinski definition) is 5. The first-order valence-electron chi connectivity index (χ1n) is 11.2. The summed E-state index contributed by atoms with van der Waals surface area (Å²) >= 11 is 15.6. The highest BCUT2D eigenvalue weighted by Crippen LogP contribution is 2.63. The van der Waals surface area contributed by atoms with Crippen LogP contribution in [-0.2, 0) is 6.61 Å². The van der Waals surface area contributed by atoms with Crippen LogP contribution >= 0.6 is 46.3 Å². The van der Waals surface area contributed by atoms with Crippen molar-refractivity contribution in [2.75, 3.05) is 7.11 Å². The van der Waals surface area contributed by atoms with Crippen LogP contribution in [-0.4, -0.2) is 17.3 Å². The normalized spacial score (nSPS) is 27.3. The van der Waals surface area contributed by atoms with E-state index in [2.05, 4.69) is 17.1 Å². The summed E-state index contributed by atoms with van der Waals surface area (Å²) in [5.41, 5.74) is 2.06. The quantitative estimate of drug-likeness (QED) is 0.394. The van der Waals surface area contributed by atoms with Crippen LogP contribution in [0.3, 0.4) is 0 Å². The van der Waals surface area contributed by atoms with Crippen molar-refractivity contribution in [2.45, 2.75) is 42.1 Å². The number of nitrogens with one attached hydrogen (secondary N) is 1. The number of halogens is 2. The van der Waals surface area contributed by atoms with Gasteiger partial charge in [0.05, 0.1) is 12.1 Å². The van der Waals surface area contributed by atoms with Crippen LogP contribution < -0.4 is 14.3 Å². The van der Waals surface area contributed by atoms with Crippen molar-refractivity contribution in [1.82, 2.24) is 4.98 Å². The molecule has 6 rings (SSSR count). The van der Waals surface area contributed by atoms with Gasteiger partial charge < -0.3 is 14.5 Å². The Morgan fingerprint density at radius 3 is 2.76 bits per heavy atom. The summed E-state index contributed by atoms with van der Waals surface area (Å²) in [6.45, 7) is 0.323. The zero-order valence-corrected chi connectivity index (χ0v) is 21.1. The van der Waals surface area contributed by atoms with Crippen molar-refractivity contribution in [3.8, 4) is 11.5 Å². The van der Waals surface area contributed by atoms with Gasteiger partial charge in [0.2, 0.25) is 0 Å². The van der Waals surface area contributed by atoms with Gasteiger partial charge in [0.1, 0.15) is 6.61 Å². The zero-order valence-electron chi connectivity index (χ0n) is 18.0. The van der Waals surface area contributed by atoms with Gasteiger partial charge in [-0.25, -0.2) is 0 Å². The number of rotatable bonds is 5. The van der Waals surface area contributed by atoms with Crippen LogP contribution in [0.4, 0.5) is 0 Å². The molecule has 2 aliphatic carbocycles. The molecule has 0 amide bonds. The highest BCUT2D eigenvalue weighted by atomic mass is 35.5. The van der Waals surface area contributed by atoms with Gasteiger partial charge in [0.15, 0.2) is 11.5 Å². The zero-order chi connectivity index (χ0) is 22.7. The molecule has 33 heavy (non-hydrogen) atoms. The van der Waals surface area contributed by atoms with Crippen molar-refractivity contribution in [1.29, 1.82) is 0 Å². The number of fused-ring (bicyclic) bond motifs is 6. The molecule has 1 aliphatic heterocycles. The molecule has 0 saturated heterocycles. The van der Waals surface area contributed by atoms with E-state index in [0.717, 1.165) is 22.4 Å². The van der Waals surface area contributed by atoms with E-state index in [-0.39, 0.29) is 10.8 Å². The topological polar surface area (TPSA) is 51.3 Å². The summed E-state index contributed by atoms with van der Waals surface area (Å²) in [5.74, 6) is 3.65. The van der Waals surface area contributed by atoms with E-state index < -0.39 is 0 Å². The van der Waals surface area contributed by atoms with Gasteiger partial charge in [-0.15, -0.1) is 11.8 Å². The fourth-order valence-corrected chi connectivity index (χ4v) is 9.37. The Labute approximate surface area is 210 Å². The second-order valence-electron chi connectivity index (χ2n) is 9.11. The summed E-state index contributed by atoms with van der Waals surface area (Å²) in [4.78, 5) is 16.6. The maximum Gasteiger partial charge on any atom is 0.305 e. The van der Waals surface area contributed by atoms with Crippen molar-refractivity contribution in [3.63, 3.8) is 0 Å². The van der Waals surface area contributed by atoms with Crippen LogP contribution in [0.15, 0.2) is 46.2 Å². The fraction of sp³-hybridized carbons (Fsp3) is 0.400. The van der Waals surface area contributed by atoms with Gasteiger partial charge in [0.25, 0.3) is 0 Å². The molecule has 2 saturated carbocycles. The Kier molecular flexibility index (Phi) is 5.68. The molecule has 1 N–H and O–H groups in total. The maximum atomic E-state index is 12.3. The van der Waals surface area contributed by atoms with E-state index in [4.69, 9.17) is 32.7 Å². The smallest absolute Gasteiger partial charge is 0.305 e. The second kappa shape index (κ2) is 8.56. The lowest BCUT2D eigenvalue weighted by Gasteiger charge is -2.40. The predicted octanol–water partition coefficient (Wildman–Crippen LogP) is 6.98. The molecular weight excluding hydrogens is 497 g/mol. The minimum Gasteiger partial charge on any atom is -0.493 e. The van der Waals surface area contributed by atoms with Crippen LogP contribution in [0.5, 0.6) is 11.5 Å². The molecule has 2 heterocycles. The average molecular weight is 521 g/mol. The molecule has 2 bridgehead atoms. The summed E-state index contributed by atoms with van der Waals surface area (Å²) in [6, 6.07) is 11.6. The second-order valence-corrected chi connectivity index (χ2v) is 12.2. The number of hydrogen-bond donors (Lipinski definition) is 1. The first kappa shape index (κ1) is 21.9. The van der Waals surface area contributed by atoms with Crippen molar-refractivity contribution in [2.24, 2.45) is 17.8 Å². The minimum absolute atomic E-state index is 0.0385. The van der Waals surface area contributed by atoms with Crippen LogP contribution in [0.25, 0.3) is 0 Å². The number of ether oxygens (including phenoxy) is 2. The summed E-state index contributed by atoms with van der Waals surface area (Å²) in [7, 11) is 1.67. The molecule has 3 aliphatic rings. The molecule has 5 atom stereocenters. The fourth-order valence-electron chi connectivity index (χ4n) is 6.01. The van der Waals surface area contributed by atoms with Gasteiger partial charge in [-0.2, -0.15) is 0 Å². The SMILES string of the molecule is COc1cc([C@H]2c3sc(=O)[nH]c3S[C@@H]3[C@@H]4CC[C@H](C4)[C@H]23)ccc1OCc1ccc(Cl)cc1Cl. The van der Waals surface area contributed by atoms with Crippen LogP contribution in [0.1, 0.15) is 41.2 Å². The number of aromatic amines is 1. The number of thioether (sulfide) groups is 1. The lowest BCUT2D eigenvalue weighted by atomic mass is 9.75. The lowest BCUT2D eigenvalue weighted by Crippen LogP contribution is -2.33. The van der Waals surface area contributed by atoms with Crippen LogP contribution in [0.2, 0.25) is 10.0 Å². The Bertz CT molecular complexity index is 1270. The van der Waals surface area contributed by atoms with Crippen molar-refractivity contribution >= 4 is 46.3 Å². The monoisotopic (exact) mass is 519 g/mol. The molecule has 0 radical (unpaired) electrons. The van der Waals surface area contributed by atoms with E-state index in [1.165, 1.54) is 41.0 Å². The van der Waals surface area contributed by atoms with Gasteiger partial charge in [-0.3, -0.25) is 4.79 Å². The first-order valence-corrected chi connectivity index (χ1v) is 13.6. The van der Waals surface area contributed by atoms with E-state index in [1.54, 1.807) is 19.2 Å². The first-order chi connectivity index (χ1) is 16.0. The van der Waals surface area contributed by atoms with E-state index >= 15 is 0 Å². The average Bonchev–Trinajstić information content (AvgIpc) is 3.51. The summed E-state index contributed by atoms with van der Waals surface area (Å²) in [6.07, 6.45) is 3.94. The third-order valence-electron chi connectivity index (χ3n) is 7.41. The van der Waals surface area contributed by atoms with Crippen LogP contribution in [0, 0.1) is 17.8 Å². The standard InChI is InChI=1S/C25H23Cl2NO3S2/c1-30-19-9-13(5-7-18(19)31-11-15-4-6-16(26)10-17(15)27)21-20-12-2-3-14(8-12)22(20)32-24-23(21)33-25(29)28-24/h4-7,9-10,12,14,20-22H,2-3,8,11H2,1H3,(H,28,29)/t12-,14-,20-,21-,22-/m1/s1. The number of H-pyrrole nitrogens is 1. The predicted molar refractivity (Wildman–Crippen MR) is 135 cm³/mol. The molecule has 8 heteroatoms. The molecule has 1 aromatic heterocycles. The highest BCUT2D eigenvalue weighted by Gasteiger charge is 2.54. The number of methoxy groups -OCH3 is 1. The molecule has 0 unspecified atom stereocenters. The largest absolute Gasteiger partial charge is 0.493 e. The molecule has 3 aromatic rings. The number of benzene rings is 2. The van der Waals surface area contributed by atoms with E-state index in [9.17, 15) is 4.79 Å². The Morgan fingerprint density at radius 2 is 1.94 bits per heavy atom. The molecule has 2 aromatic carbocycles. The number of thiazole rings is 1. The van der Waals surface area contributed by atoms with E-state index in [0.29, 0.717) is 39.3 Å². The summed E-state index contributed by atoms with van der Waals surface area (Å²) in [5, 5.41) is 2.83. The van der Waals surface area contributed by atoms with Gasteiger partial charge >= 0.3 is 4.87 Å². The molecule has 2 fully saturated rings. The Hall–Kier alpha value is -1.60. The van der Waals surface area contributed by atoms with Gasteiger partial charge in [-0.1, -0.05) is 46.7 Å². The maximum absolute atomic E-state index is 12.3. The van der Waals surface area contributed by atoms with Crippen molar-refractivity contribution in [3.05, 3.63) is 72.1 Å². The number of aromatic nitrogens is 1. The van der Waals surface area contributed by atoms with Crippen molar-refractivity contribution < 1.29 is 9.47 Å². The third kappa shape index (κ3) is 3.79. The summed E-state index contributed by atoms with van der Waals surface area (Å²) < 4.78 is 11.8. The molecular formula is C25H23Cl2NO3S2. The van der Waals surface area contributed by atoms with E-state index in [1.807, 2.05) is 23.9 Å². The van der Waals surface area contributed by atoms with Gasteiger partial charge in [-0.05, 0) is 66.8 Å². The molecule has 172 valence electrons. The minimum atomic E-state index is 0.0385. The molecule has 0 spiro atoms. The molecule has 4 nitrogen and oxygen atoms in total. The van der Waals surface area contributed by atoms with Gasteiger partial charge in [0, 0.05) is 31.7 Å². The third-order valence-corrected chi connectivity index (χ3v) is 10.6. The Morgan fingerprint density at radius 1 is 1.09 bits per heavy atom.